The number of ether oxygens (including phenoxy) is 2. The van der Waals surface area contributed by atoms with Crippen LogP contribution in [0.2, 0.25) is 0 Å². The quantitative estimate of drug-likeness (QED) is 0.699. The number of fused-ring (bicyclic) bond motifs is 4. The van der Waals surface area contributed by atoms with Crippen LogP contribution in [0.15, 0.2) is 0 Å². The lowest BCUT2D eigenvalue weighted by molar-refractivity contribution is -0.0634. The highest BCUT2D eigenvalue weighted by Crippen LogP contribution is 2.62. The summed E-state index contributed by atoms with van der Waals surface area (Å²) in [7, 11) is 1.88. The number of nitrogens with zero attached hydrogens (tertiary/aromatic N) is 1. The molecule has 2 aliphatic heterocycles. The van der Waals surface area contributed by atoms with Crippen LogP contribution in [0.5, 0.6) is 0 Å². The van der Waals surface area contributed by atoms with Gasteiger partial charge >= 0.3 is 6.09 Å². The molecule has 1 spiro atoms. The van der Waals surface area contributed by atoms with Crippen molar-refractivity contribution in [3.8, 4) is 0 Å². The van der Waals surface area contributed by atoms with Crippen LogP contribution in [0.3, 0.4) is 0 Å². The summed E-state index contributed by atoms with van der Waals surface area (Å²) < 4.78 is 11.4. The van der Waals surface area contributed by atoms with Crippen LogP contribution in [0.25, 0.3) is 0 Å². The first kappa shape index (κ1) is 21.4. The Hall–Kier alpha value is -0.810. The van der Waals surface area contributed by atoms with E-state index in [2.05, 4.69) is 19.2 Å². The lowest BCUT2D eigenvalue weighted by atomic mass is 9.55. The number of amides is 1. The van der Waals surface area contributed by atoms with Crippen molar-refractivity contribution < 1.29 is 14.3 Å². The molecule has 0 radical (unpaired) electrons. The van der Waals surface area contributed by atoms with E-state index >= 15 is 0 Å². The zero-order chi connectivity index (χ0) is 21.0. The van der Waals surface area contributed by atoms with Gasteiger partial charge in [-0.15, -0.1) is 0 Å². The third-order valence-corrected chi connectivity index (χ3v) is 8.72. The van der Waals surface area contributed by atoms with Gasteiger partial charge in [0.05, 0.1) is 6.10 Å². The minimum Gasteiger partial charge on any atom is -0.444 e. The van der Waals surface area contributed by atoms with Gasteiger partial charge in [-0.2, -0.15) is 0 Å². The van der Waals surface area contributed by atoms with E-state index in [1.165, 1.54) is 25.7 Å². The van der Waals surface area contributed by atoms with Gasteiger partial charge in [-0.1, -0.05) is 0 Å². The fourth-order valence-electron chi connectivity index (χ4n) is 7.22. The molecule has 5 heteroatoms. The van der Waals surface area contributed by atoms with Crippen LogP contribution in [-0.2, 0) is 9.47 Å². The van der Waals surface area contributed by atoms with E-state index < -0.39 is 5.60 Å². The van der Waals surface area contributed by atoms with Crippen LogP contribution in [0.4, 0.5) is 4.79 Å². The molecule has 4 rings (SSSR count). The summed E-state index contributed by atoms with van der Waals surface area (Å²) in [5, 5.41) is 3.94. The van der Waals surface area contributed by atoms with Gasteiger partial charge in [-0.05, 0) is 102 Å². The van der Waals surface area contributed by atoms with Gasteiger partial charge in [0.25, 0.3) is 0 Å². The highest BCUT2D eigenvalue weighted by atomic mass is 16.6. The molecule has 1 amide bonds. The molecule has 0 bridgehead atoms. The number of methoxy groups -OCH3 is 1. The Morgan fingerprint density at radius 3 is 2.41 bits per heavy atom. The van der Waals surface area contributed by atoms with Crippen molar-refractivity contribution in [2.45, 2.75) is 90.4 Å². The normalized spacial score (nSPS) is 38.4. The first-order valence-electron chi connectivity index (χ1n) is 11.8. The number of carbonyl (C=O) groups excluding carboxylic acids is 1. The van der Waals surface area contributed by atoms with Gasteiger partial charge in [0.15, 0.2) is 0 Å². The average molecular weight is 407 g/mol. The topological polar surface area (TPSA) is 50.8 Å². The largest absolute Gasteiger partial charge is 0.444 e. The predicted molar refractivity (Wildman–Crippen MR) is 115 cm³/mol. The number of rotatable bonds is 1. The summed E-state index contributed by atoms with van der Waals surface area (Å²) in [6, 6.07) is 0. The van der Waals surface area contributed by atoms with Crippen LogP contribution in [0, 0.1) is 29.1 Å². The Balaban J connectivity index is 1.51. The average Bonchev–Trinajstić information content (AvgIpc) is 3.05. The Bertz CT molecular complexity index is 618. The summed E-state index contributed by atoms with van der Waals surface area (Å²) in [6.07, 6.45) is 7.64. The van der Waals surface area contributed by atoms with Crippen molar-refractivity contribution in [2.24, 2.45) is 29.1 Å². The molecule has 4 aliphatic rings. The van der Waals surface area contributed by atoms with Crippen molar-refractivity contribution in [2.75, 3.05) is 26.7 Å². The molecular formula is C24H42N2O3. The molecule has 2 saturated carbocycles. The molecule has 5 nitrogen and oxygen atoms in total. The molecule has 166 valence electrons. The van der Waals surface area contributed by atoms with Gasteiger partial charge in [0, 0.05) is 32.3 Å². The lowest BCUT2D eigenvalue weighted by Gasteiger charge is -2.57. The van der Waals surface area contributed by atoms with Crippen molar-refractivity contribution in [3.05, 3.63) is 0 Å². The summed E-state index contributed by atoms with van der Waals surface area (Å²) in [5.74, 6) is 3.15. The molecule has 29 heavy (non-hydrogen) atoms. The maximum Gasteiger partial charge on any atom is 0.410 e. The molecule has 4 fully saturated rings. The summed E-state index contributed by atoms with van der Waals surface area (Å²) in [4.78, 5) is 14.5. The molecular weight excluding hydrogens is 364 g/mol. The van der Waals surface area contributed by atoms with Gasteiger partial charge < -0.3 is 19.7 Å². The van der Waals surface area contributed by atoms with E-state index in [0.29, 0.717) is 11.5 Å². The fourth-order valence-corrected chi connectivity index (χ4v) is 7.22. The number of hydrogen-bond donors (Lipinski definition) is 1. The number of piperidine rings is 2. The molecule has 2 heterocycles. The summed E-state index contributed by atoms with van der Waals surface area (Å²) in [6.45, 7) is 13.4. The Morgan fingerprint density at radius 1 is 1.10 bits per heavy atom. The van der Waals surface area contributed by atoms with Crippen LogP contribution in [0.1, 0.15) is 73.1 Å². The molecule has 0 aromatic rings. The fraction of sp³-hybridized carbons (Fsp3) is 0.958. The minimum absolute atomic E-state index is 0.141. The second-order valence-corrected chi connectivity index (χ2v) is 11.9. The van der Waals surface area contributed by atoms with Gasteiger partial charge in [-0.25, -0.2) is 4.79 Å². The van der Waals surface area contributed by atoms with E-state index in [-0.39, 0.29) is 11.6 Å². The molecule has 1 N–H and O–H groups in total. The van der Waals surface area contributed by atoms with Crippen LogP contribution in [-0.4, -0.2) is 55.0 Å². The van der Waals surface area contributed by atoms with Crippen molar-refractivity contribution in [3.63, 3.8) is 0 Å². The third kappa shape index (κ3) is 3.94. The maximum atomic E-state index is 12.6. The summed E-state index contributed by atoms with van der Waals surface area (Å²) >= 11 is 0. The van der Waals surface area contributed by atoms with Crippen molar-refractivity contribution in [1.29, 1.82) is 0 Å². The maximum absolute atomic E-state index is 12.6. The van der Waals surface area contributed by atoms with E-state index in [4.69, 9.17) is 9.47 Å². The van der Waals surface area contributed by atoms with E-state index in [1.807, 2.05) is 32.8 Å². The standard InChI is InChI=1S/C24H42N2O3/c1-22(2,3)29-21(27)26-11-9-24(10-12-26)15-25-23(4,5)19-14-16-13-17(28-6)7-8-18(16)20(19)24/h16-20,25H,7-15H2,1-6H3. The lowest BCUT2D eigenvalue weighted by Crippen LogP contribution is -2.64. The van der Waals surface area contributed by atoms with Crippen molar-refractivity contribution in [1.82, 2.24) is 10.2 Å². The smallest absolute Gasteiger partial charge is 0.410 e. The van der Waals surface area contributed by atoms with Crippen LogP contribution >= 0.6 is 0 Å². The van der Waals surface area contributed by atoms with E-state index in [0.717, 1.165) is 56.1 Å². The number of carbonyl (C=O) groups is 1. The van der Waals surface area contributed by atoms with E-state index in [1.54, 1.807) is 0 Å². The Kier molecular flexibility index (Phi) is 5.47. The number of nitrogens with one attached hydrogen (secondary N) is 1. The first-order valence-corrected chi connectivity index (χ1v) is 11.8. The number of hydrogen-bond acceptors (Lipinski definition) is 4. The third-order valence-electron chi connectivity index (χ3n) is 8.72. The molecule has 0 aromatic heterocycles. The first-order chi connectivity index (χ1) is 13.5. The highest BCUT2D eigenvalue weighted by Gasteiger charge is 2.61. The number of likely N-dealkylation sites (tertiary alicyclic amines) is 1. The second-order valence-electron chi connectivity index (χ2n) is 11.9. The zero-order valence-corrected chi connectivity index (χ0v) is 19.4. The molecule has 5 atom stereocenters. The SMILES string of the molecule is COC1CCC2C(C1)CC1C2C2(CCN(C(=O)OC(C)(C)C)CC2)CNC1(C)C. The van der Waals surface area contributed by atoms with Crippen LogP contribution < -0.4 is 5.32 Å². The highest BCUT2D eigenvalue weighted by molar-refractivity contribution is 5.68. The van der Waals surface area contributed by atoms with E-state index in [9.17, 15) is 4.79 Å². The van der Waals surface area contributed by atoms with Gasteiger partial charge in [0.2, 0.25) is 0 Å². The van der Waals surface area contributed by atoms with Crippen molar-refractivity contribution >= 4 is 6.09 Å². The summed E-state index contributed by atoms with van der Waals surface area (Å²) in [5.41, 5.74) is 0.114. The predicted octanol–water partition coefficient (Wildman–Crippen LogP) is 4.45. The Labute approximate surface area is 177 Å². The second kappa shape index (κ2) is 7.40. The molecule has 2 saturated heterocycles. The van der Waals surface area contributed by atoms with Gasteiger partial charge in [0.1, 0.15) is 5.60 Å². The molecule has 2 aliphatic carbocycles. The molecule has 0 aromatic carbocycles. The Morgan fingerprint density at radius 2 is 1.79 bits per heavy atom. The minimum atomic E-state index is -0.424. The molecule has 5 unspecified atom stereocenters. The monoisotopic (exact) mass is 406 g/mol. The van der Waals surface area contributed by atoms with Gasteiger partial charge in [-0.3, -0.25) is 0 Å². The zero-order valence-electron chi connectivity index (χ0n) is 19.4.